The molecule has 3 aromatic rings. The number of amides is 2. The zero-order chi connectivity index (χ0) is 19.3. The molecular weight excluding hydrogens is 372 g/mol. The predicted octanol–water partition coefficient (Wildman–Crippen LogP) is 3.63. The van der Waals surface area contributed by atoms with Gasteiger partial charge in [-0.3, -0.25) is 9.59 Å². The van der Waals surface area contributed by atoms with Crippen molar-refractivity contribution in [2.24, 2.45) is 0 Å². The van der Waals surface area contributed by atoms with Gasteiger partial charge in [0, 0.05) is 31.0 Å². The van der Waals surface area contributed by atoms with Gasteiger partial charge in [0.15, 0.2) is 0 Å². The summed E-state index contributed by atoms with van der Waals surface area (Å²) in [6.45, 7) is 0.583. The van der Waals surface area contributed by atoms with Crippen LogP contribution in [0, 0.1) is 0 Å². The van der Waals surface area contributed by atoms with Crippen LogP contribution in [0.1, 0.15) is 29.3 Å². The number of benzene rings is 2. The second kappa shape index (κ2) is 8.31. The van der Waals surface area contributed by atoms with Crippen molar-refractivity contribution in [2.75, 3.05) is 16.8 Å². The largest absolute Gasteiger partial charge is 0.312 e. The van der Waals surface area contributed by atoms with Crippen LogP contribution >= 0.6 is 11.3 Å². The summed E-state index contributed by atoms with van der Waals surface area (Å²) in [5, 5.41) is 12.4. The minimum absolute atomic E-state index is 0.000164. The summed E-state index contributed by atoms with van der Waals surface area (Å²) in [5.74, 6) is -0.0000120. The molecule has 0 bridgehead atoms. The first-order valence-corrected chi connectivity index (χ1v) is 10.0. The monoisotopic (exact) mass is 392 g/mol. The van der Waals surface area contributed by atoms with Gasteiger partial charge in [0.2, 0.25) is 16.9 Å². The van der Waals surface area contributed by atoms with E-state index in [-0.39, 0.29) is 17.7 Å². The molecule has 0 spiro atoms. The number of aromatic nitrogens is 2. The first kappa shape index (κ1) is 18.3. The number of carbonyl (C=O) groups is 2. The first-order valence-electron chi connectivity index (χ1n) is 9.21. The van der Waals surface area contributed by atoms with Crippen LogP contribution in [0.5, 0.6) is 0 Å². The SMILES string of the molecule is O=C(CCc1ccccc1)Nc1nnc([C@H]2CC(=O)N(c3ccccc3)C2)s1. The van der Waals surface area contributed by atoms with Gasteiger partial charge in [-0.25, -0.2) is 0 Å². The minimum atomic E-state index is -0.0834. The van der Waals surface area contributed by atoms with E-state index in [9.17, 15) is 9.59 Å². The van der Waals surface area contributed by atoms with Gasteiger partial charge in [0.1, 0.15) is 5.01 Å². The van der Waals surface area contributed by atoms with E-state index in [1.165, 1.54) is 11.3 Å². The summed E-state index contributed by atoms with van der Waals surface area (Å²) in [7, 11) is 0. The van der Waals surface area contributed by atoms with Gasteiger partial charge < -0.3 is 10.2 Å². The number of anilines is 2. The molecular formula is C21H20N4O2S. The van der Waals surface area contributed by atoms with Crippen molar-refractivity contribution < 1.29 is 9.59 Å². The Balaban J connectivity index is 1.34. The maximum atomic E-state index is 12.4. The molecule has 142 valence electrons. The predicted molar refractivity (Wildman–Crippen MR) is 109 cm³/mol. The molecule has 0 aliphatic carbocycles. The van der Waals surface area contributed by atoms with E-state index in [2.05, 4.69) is 15.5 Å². The van der Waals surface area contributed by atoms with Gasteiger partial charge in [-0.15, -0.1) is 10.2 Å². The first-order chi connectivity index (χ1) is 13.7. The number of nitrogens with zero attached hydrogens (tertiary/aromatic N) is 3. The molecule has 1 aliphatic rings. The maximum absolute atomic E-state index is 12.4. The quantitative estimate of drug-likeness (QED) is 0.695. The molecule has 7 heteroatoms. The molecule has 1 atom stereocenters. The molecule has 1 N–H and O–H groups in total. The second-order valence-corrected chi connectivity index (χ2v) is 7.73. The Bertz CT molecular complexity index is 959. The lowest BCUT2D eigenvalue weighted by atomic mass is 10.1. The summed E-state index contributed by atoms with van der Waals surface area (Å²) < 4.78 is 0. The van der Waals surface area contributed by atoms with E-state index in [0.29, 0.717) is 30.9 Å². The molecule has 1 saturated heterocycles. The van der Waals surface area contributed by atoms with Crippen LogP contribution in [-0.2, 0) is 16.0 Å². The van der Waals surface area contributed by atoms with Crippen molar-refractivity contribution in [3.8, 4) is 0 Å². The van der Waals surface area contributed by atoms with Crippen LogP contribution in [0.4, 0.5) is 10.8 Å². The molecule has 28 heavy (non-hydrogen) atoms. The molecule has 0 unspecified atom stereocenters. The van der Waals surface area contributed by atoms with Crippen molar-refractivity contribution >= 4 is 34.0 Å². The molecule has 1 aromatic heterocycles. The lowest BCUT2D eigenvalue weighted by Gasteiger charge is -2.15. The Morgan fingerprint density at radius 1 is 1.07 bits per heavy atom. The second-order valence-electron chi connectivity index (χ2n) is 6.72. The van der Waals surface area contributed by atoms with Crippen LogP contribution in [0.25, 0.3) is 0 Å². The molecule has 1 aliphatic heterocycles. The van der Waals surface area contributed by atoms with Crippen molar-refractivity contribution in [2.45, 2.75) is 25.2 Å². The van der Waals surface area contributed by atoms with Crippen LogP contribution in [0.15, 0.2) is 60.7 Å². The number of carbonyl (C=O) groups excluding carboxylic acids is 2. The maximum Gasteiger partial charge on any atom is 0.227 e. The highest BCUT2D eigenvalue weighted by molar-refractivity contribution is 7.15. The van der Waals surface area contributed by atoms with Crippen molar-refractivity contribution in [3.63, 3.8) is 0 Å². The van der Waals surface area contributed by atoms with Gasteiger partial charge >= 0.3 is 0 Å². The minimum Gasteiger partial charge on any atom is -0.312 e. The molecule has 2 aromatic carbocycles. The Morgan fingerprint density at radius 2 is 1.79 bits per heavy atom. The van der Waals surface area contributed by atoms with E-state index in [4.69, 9.17) is 0 Å². The Hall–Kier alpha value is -3.06. The Morgan fingerprint density at radius 3 is 2.54 bits per heavy atom. The van der Waals surface area contributed by atoms with Gasteiger partial charge in [-0.2, -0.15) is 0 Å². The number of para-hydroxylation sites is 1. The van der Waals surface area contributed by atoms with Crippen LogP contribution < -0.4 is 10.2 Å². The number of aryl methyl sites for hydroxylation is 1. The normalized spacial score (nSPS) is 16.4. The summed E-state index contributed by atoms with van der Waals surface area (Å²) in [5.41, 5.74) is 2.02. The average Bonchev–Trinajstić information content (AvgIpc) is 3.34. The van der Waals surface area contributed by atoms with Crippen molar-refractivity contribution in [1.82, 2.24) is 10.2 Å². The lowest BCUT2D eigenvalue weighted by molar-refractivity contribution is -0.117. The molecule has 4 rings (SSSR count). The van der Waals surface area contributed by atoms with E-state index in [1.54, 1.807) is 4.90 Å². The highest BCUT2D eigenvalue weighted by Crippen LogP contribution is 2.34. The van der Waals surface area contributed by atoms with Crippen LogP contribution in [0.2, 0.25) is 0 Å². The zero-order valence-corrected chi connectivity index (χ0v) is 16.1. The van der Waals surface area contributed by atoms with Gasteiger partial charge in [-0.05, 0) is 24.1 Å². The fourth-order valence-corrected chi connectivity index (χ4v) is 4.12. The molecule has 0 radical (unpaired) electrons. The van der Waals surface area contributed by atoms with Crippen molar-refractivity contribution in [3.05, 3.63) is 71.2 Å². The highest BCUT2D eigenvalue weighted by atomic mass is 32.1. The fraction of sp³-hybridized carbons (Fsp3) is 0.238. The lowest BCUT2D eigenvalue weighted by Crippen LogP contribution is -2.24. The molecule has 2 amide bonds. The molecule has 0 saturated carbocycles. The molecule has 1 fully saturated rings. The number of hydrogen-bond donors (Lipinski definition) is 1. The van der Waals surface area contributed by atoms with E-state index in [1.807, 2.05) is 60.7 Å². The third-order valence-electron chi connectivity index (χ3n) is 4.71. The van der Waals surface area contributed by atoms with Gasteiger partial charge in [0.05, 0.1) is 0 Å². The fourth-order valence-electron chi connectivity index (χ4n) is 3.26. The molecule has 6 nitrogen and oxygen atoms in total. The van der Waals surface area contributed by atoms with Crippen LogP contribution in [-0.4, -0.2) is 28.6 Å². The zero-order valence-electron chi connectivity index (χ0n) is 15.2. The van der Waals surface area contributed by atoms with E-state index >= 15 is 0 Å². The summed E-state index contributed by atoms with van der Waals surface area (Å²) in [6.07, 6.45) is 1.48. The van der Waals surface area contributed by atoms with Gasteiger partial charge in [-0.1, -0.05) is 59.9 Å². The third-order valence-corrected chi connectivity index (χ3v) is 5.71. The Labute approximate surface area is 167 Å². The van der Waals surface area contributed by atoms with E-state index < -0.39 is 0 Å². The molecule has 2 heterocycles. The highest BCUT2D eigenvalue weighted by Gasteiger charge is 2.33. The number of hydrogen-bond acceptors (Lipinski definition) is 5. The summed E-state index contributed by atoms with van der Waals surface area (Å²) in [4.78, 5) is 26.3. The Kier molecular flexibility index (Phi) is 5.43. The van der Waals surface area contributed by atoms with Gasteiger partial charge in [0.25, 0.3) is 0 Å². The standard InChI is InChI=1S/C21H20N4O2S/c26-18(12-11-15-7-3-1-4-8-15)22-21-24-23-20(28-21)16-13-19(27)25(14-16)17-9-5-2-6-10-17/h1-10,16H,11-14H2,(H,22,24,26)/t16-/m0/s1. The van der Waals surface area contributed by atoms with E-state index in [0.717, 1.165) is 16.3 Å². The van der Waals surface area contributed by atoms with Crippen LogP contribution in [0.3, 0.4) is 0 Å². The number of rotatable bonds is 6. The number of nitrogens with one attached hydrogen (secondary N) is 1. The van der Waals surface area contributed by atoms with Crippen molar-refractivity contribution in [1.29, 1.82) is 0 Å². The smallest absolute Gasteiger partial charge is 0.227 e. The summed E-state index contributed by atoms with van der Waals surface area (Å²) >= 11 is 1.35. The third kappa shape index (κ3) is 4.26. The topological polar surface area (TPSA) is 75.2 Å². The average molecular weight is 392 g/mol. The summed E-state index contributed by atoms with van der Waals surface area (Å²) in [6, 6.07) is 19.5.